The van der Waals surface area contributed by atoms with E-state index in [0.29, 0.717) is 23.8 Å². The number of hydrogen-bond acceptors (Lipinski definition) is 5. The standard InChI is InChI=1S/C16H20N4O2/c1-12-14(10-15(21)20-8-6-19(2)7-9-20)18-16(22-12)13-4-3-5-17-11-13/h3-5,11H,6-10H2,1-2H3. The van der Waals surface area contributed by atoms with E-state index in [4.69, 9.17) is 4.42 Å². The molecular formula is C16H20N4O2. The van der Waals surface area contributed by atoms with Crippen LogP contribution in [0.3, 0.4) is 0 Å². The number of amides is 1. The van der Waals surface area contributed by atoms with Gasteiger partial charge in [0.15, 0.2) is 0 Å². The minimum Gasteiger partial charge on any atom is -0.441 e. The van der Waals surface area contributed by atoms with Gasteiger partial charge in [-0.15, -0.1) is 0 Å². The predicted octanol–water partition coefficient (Wildman–Crippen LogP) is 1.36. The van der Waals surface area contributed by atoms with Crippen LogP contribution in [0.1, 0.15) is 11.5 Å². The number of aryl methyl sites for hydroxylation is 1. The number of rotatable bonds is 3. The number of carbonyl (C=O) groups is 1. The predicted molar refractivity (Wildman–Crippen MR) is 82.3 cm³/mol. The summed E-state index contributed by atoms with van der Waals surface area (Å²) in [7, 11) is 2.07. The third kappa shape index (κ3) is 3.17. The molecular weight excluding hydrogens is 280 g/mol. The van der Waals surface area contributed by atoms with Crippen molar-refractivity contribution in [1.82, 2.24) is 19.8 Å². The highest BCUT2D eigenvalue weighted by atomic mass is 16.4. The van der Waals surface area contributed by atoms with E-state index in [0.717, 1.165) is 31.7 Å². The second-order valence-electron chi connectivity index (χ2n) is 5.62. The first-order valence-corrected chi connectivity index (χ1v) is 7.46. The van der Waals surface area contributed by atoms with E-state index in [-0.39, 0.29) is 5.91 Å². The highest BCUT2D eigenvalue weighted by Gasteiger charge is 2.22. The normalized spacial score (nSPS) is 16.0. The molecule has 0 atom stereocenters. The highest BCUT2D eigenvalue weighted by Crippen LogP contribution is 2.21. The molecule has 0 unspecified atom stereocenters. The van der Waals surface area contributed by atoms with Gasteiger partial charge in [0.1, 0.15) is 5.76 Å². The molecule has 6 nitrogen and oxygen atoms in total. The largest absolute Gasteiger partial charge is 0.441 e. The molecule has 6 heteroatoms. The fraction of sp³-hybridized carbons (Fsp3) is 0.438. The first kappa shape index (κ1) is 14.7. The number of aromatic nitrogens is 2. The SMILES string of the molecule is Cc1oc(-c2cccnc2)nc1CC(=O)N1CCN(C)CC1. The molecule has 0 N–H and O–H groups in total. The van der Waals surface area contributed by atoms with Crippen LogP contribution in [0.15, 0.2) is 28.9 Å². The average Bonchev–Trinajstić information content (AvgIpc) is 2.90. The van der Waals surface area contributed by atoms with E-state index in [9.17, 15) is 4.79 Å². The monoisotopic (exact) mass is 300 g/mol. The Morgan fingerprint density at radius 3 is 2.77 bits per heavy atom. The zero-order valence-electron chi connectivity index (χ0n) is 13.0. The lowest BCUT2D eigenvalue weighted by molar-refractivity contribution is -0.132. The summed E-state index contributed by atoms with van der Waals surface area (Å²) in [6.07, 6.45) is 3.70. The summed E-state index contributed by atoms with van der Waals surface area (Å²) in [5.41, 5.74) is 1.53. The fourth-order valence-electron chi connectivity index (χ4n) is 2.52. The van der Waals surface area contributed by atoms with Crippen molar-refractivity contribution in [2.24, 2.45) is 0 Å². The van der Waals surface area contributed by atoms with Crippen LogP contribution in [0, 0.1) is 6.92 Å². The van der Waals surface area contributed by atoms with Gasteiger partial charge in [-0.05, 0) is 26.1 Å². The smallest absolute Gasteiger partial charge is 0.228 e. The number of oxazole rings is 1. The van der Waals surface area contributed by atoms with Crippen LogP contribution >= 0.6 is 0 Å². The Balaban J connectivity index is 1.70. The first-order valence-electron chi connectivity index (χ1n) is 7.46. The lowest BCUT2D eigenvalue weighted by atomic mass is 10.2. The highest BCUT2D eigenvalue weighted by molar-refractivity contribution is 5.78. The number of piperazine rings is 1. The summed E-state index contributed by atoms with van der Waals surface area (Å²) in [5.74, 6) is 1.33. The molecule has 2 aromatic rings. The van der Waals surface area contributed by atoms with Crippen LogP contribution in [0.2, 0.25) is 0 Å². The number of carbonyl (C=O) groups excluding carboxylic acids is 1. The molecule has 116 valence electrons. The van der Waals surface area contributed by atoms with Crippen molar-refractivity contribution in [2.75, 3.05) is 33.2 Å². The number of pyridine rings is 1. The van der Waals surface area contributed by atoms with Crippen molar-refractivity contribution in [3.63, 3.8) is 0 Å². The second kappa shape index (κ2) is 6.27. The zero-order valence-corrected chi connectivity index (χ0v) is 13.0. The van der Waals surface area contributed by atoms with Crippen molar-refractivity contribution in [2.45, 2.75) is 13.3 Å². The van der Waals surface area contributed by atoms with Gasteiger partial charge in [0.05, 0.1) is 17.7 Å². The van der Waals surface area contributed by atoms with Crippen molar-refractivity contribution >= 4 is 5.91 Å². The number of likely N-dealkylation sites (N-methyl/N-ethyl adjacent to an activating group) is 1. The van der Waals surface area contributed by atoms with Crippen molar-refractivity contribution in [3.8, 4) is 11.5 Å². The fourth-order valence-corrected chi connectivity index (χ4v) is 2.52. The van der Waals surface area contributed by atoms with Crippen LogP contribution in [-0.4, -0.2) is 58.9 Å². The zero-order chi connectivity index (χ0) is 15.5. The molecule has 0 radical (unpaired) electrons. The van der Waals surface area contributed by atoms with Gasteiger partial charge in [0.2, 0.25) is 11.8 Å². The Labute approximate surface area is 129 Å². The molecule has 3 rings (SSSR count). The van der Waals surface area contributed by atoms with Gasteiger partial charge in [-0.1, -0.05) is 0 Å². The minimum absolute atomic E-state index is 0.113. The van der Waals surface area contributed by atoms with Gasteiger partial charge in [-0.3, -0.25) is 9.78 Å². The van der Waals surface area contributed by atoms with E-state index >= 15 is 0 Å². The molecule has 1 aliphatic rings. The molecule has 0 saturated carbocycles. The van der Waals surface area contributed by atoms with E-state index in [2.05, 4.69) is 21.9 Å². The molecule has 1 aliphatic heterocycles. The van der Waals surface area contributed by atoms with Crippen LogP contribution in [0.5, 0.6) is 0 Å². The molecule has 0 spiro atoms. The second-order valence-corrected chi connectivity index (χ2v) is 5.62. The lowest BCUT2D eigenvalue weighted by Gasteiger charge is -2.32. The van der Waals surface area contributed by atoms with Crippen LogP contribution in [0.4, 0.5) is 0 Å². The summed E-state index contributed by atoms with van der Waals surface area (Å²) >= 11 is 0. The Kier molecular flexibility index (Phi) is 4.20. The molecule has 0 aromatic carbocycles. The van der Waals surface area contributed by atoms with Crippen LogP contribution in [0.25, 0.3) is 11.5 Å². The number of hydrogen-bond donors (Lipinski definition) is 0. The summed E-state index contributed by atoms with van der Waals surface area (Å²) < 4.78 is 5.68. The van der Waals surface area contributed by atoms with Gasteiger partial charge in [0.25, 0.3) is 0 Å². The average molecular weight is 300 g/mol. The number of nitrogens with zero attached hydrogens (tertiary/aromatic N) is 4. The van der Waals surface area contributed by atoms with Gasteiger partial charge < -0.3 is 14.2 Å². The molecule has 0 aliphatic carbocycles. The van der Waals surface area contributed by atoms with Crippen molar-refractivity contribution in [1.29, 1.82) is 0 Å². The molecule has 3 heterocycles. The molecule has 2 aromatic heterocycles. The minimum atomic E-state index is 0.113. The van der Waals surface area contributed by atoms with E-state index in [1.54, 1.807) is 12.4 Å². The summed E-state index contributed by atoms with van der Waals surface area (Å²) in [6.45, 7) is 5.25. The van der Waals surface area contributed by atoms with Crippen molar-refractivity contribution < 1.29 is 9.21 Å². The summed E-state index contributed by atoms with van der Waals surface area (Å²) in [6, 6.07) is 3.73. The van der Waals surface area contributed by atoms with Crippen LogP contribution in [-0.2, 0) is 11.2 Å². The van der Waals surface area contributed by atoms with Gasteiger partial charge in [-0.2, -0.15) is 0 Å². The van der Waals surface area contributed by atoms with E-state index in [1.807, 2.05) is 24.0 Å². The maximum atomic E-state index is 12.4. The van der Waals surface area contributed by atoms with Crippen LogP contribution < -0.4 is 0 Å². The maximum Gasteiger partial charge on any atom is 0.228 e. The Bertz CT molecular complexity index is 645. The molecule has 1 amide bonds. The summed E-state index contributed by atoms with van der Waals surface area (Å²) in [5, 5.41) is 0. The molecule has 1 fully saturated rings. The third-order valence-electron chi connectivity index (χ3n) is 3.98. The molecule has 22 heavy (non-hydrogen) atoms. The van der Waals surface area contributed by atoms with Crippen molar-refractivity contribution in [3.05, 3.63) is 36.0 Å². The topological polar surface area (TPSA) is 62.5 Å². The Morgan fingerprint density at radius 2 is 2.09 bits per heavy atom. The van der Waals surface area contributed by atoms with E-state index in [1.165, 1.54) is 0 Å². The van der Waals surface area contributed by atoms with Gasteiger partial charge in [0, 0.05) is 38.6 Å². The van der Waals surface area contributed by atoms with Gasteiger partial charge >= 0.3 is 0 Å². The first-order chi connectivity index (χ1) is 10.6. The maximum absolute atomic E-state index is 12.4. The molecule has 0 bridgehead atoms. The van der Waals surface area contributed by atoms with E-state index < -0.39 is 0 Å². The third-order valence-corrected chi connectivity index (χ3v) is 3.98. The quantitative estimate of drug-likeness (QED) is 0.856. The summed E-state index contributed by atoms with van der Waals surface area (Å²) in [4.78, 5) is 25.0. The Hall–Kier alpha value is -2.21. The molecule has 1 saturated heterocycles. The van der Waals surface area contributed by atoms with Gasteiger partial charge in [-0.25, -0.2) is 4.98 Å². The lowest BCUT2D eigenvalue weighted by Crippen LogP contribution is -2.47. The Morgan fingerprint density at radius 1 is 1.32 bits per heavy atom.